The SMILES string of the molecule is CCCCCCCn1nnc(C(=O)O)c1C1CCCO1. The molecule has 1 aliphatic heterocycles. The Morgan fingerprint density at radius 3 is 2.85 bits per heavy atom. The molecule has 1 aliphatic rings. The summed E-state index contributed by atoms with van der Waals surface area (Å²) in [5, 5.41) is 17.0. The van der Waals surface area contributed by atoms with Crippen molar-refractivity contribution in [2.45, 2.75) is 64.5 Å². The normalized spacial score (nSPS) is 18.6. The van der Waals surface area contributed by atoms with Crippen LogP contribution in [0.1, 0.15) is 74.2 Å². The fourth-order valence-electron chi connectivity index (χ4n) is 2.61. The number of ether oxygens (including phenoxy) is 1. The van der Waals surface area contributed by atoms with E-state index in [1.807, 2.05) is 0 Å². The highest BCUT2D eigenvalue weighted by Crippen LogP contribution is 2.30. The van der Waals surface area contributed by atoms with Crippen LogP contribution in [0, 0.1) is 0 Å². The van der Waals surface area contributed by atoms with Crippen LogP contribution in [0.3, 0.4) is 0 Å². The molecule has 112 valence electrons. The van der Waals surface area contributed by atoms with Gasteiger partial charge in [-0.3, -0.25) is 0 Å². The van der Waals surface area contributed by atoms with E-state index in [2.05, 4.69) is 17.2 Å². The predicted molar refractivity (Wildman–Crippen MR) is 73.7 cm³/mol. The van der Waals surface area contributed by atoms with Crippen molar-refractivity contribution in [2.75, 3.05) is 6.61 Å². The van der Waals surface area contributed by atoms with E-state index >= 15 is 0 Å². The Hall–Kier alpha value is -1.43. The first-order valence-electron chi connectivity index (χ1n) is 7.52. The van der Waals surface area contributed by atoms with Crippen LogP contribution in [0.5, 0.6) is 0 Å². The number of carbonyl (C=O) groups is 1. The molecule has 2 heterocycles. The van der Waals surface area contributed by atoms with E-state index in [0.717, 1.165) is 32.2 Å². The lowest BCUT2D eigenvalue weighted by molar-refractivity contribution is 0.0671. The summed E-state index contributed by atoms with van der Waals surface area (Å²) in [5.41, 5.74) is 0.691. The first kappa shape index (κ1) is 15.0. The van der Waals surface area contributed by atoms with Gasteiger partial charge in [0.1, 0.15) is 11.8 Å². The van der Waals surface area contributed by atoms with Gasteiger partial charge in [-0.05, 0) is 19.3 Å². The Labute approximate surface area is 119 Å². The lowest BCUT2D eigenvalue weighted by atomic mass is 10.1. The molecule has 2 rings (SSSR count). The Balaban J connectivity index is 2.02. The summed E-state index contributed by atoms with van der Waals surface area (Å²) in [6, 6.07) is 0. The summed E-state index contributed by atoms with van der Waals surface area (Å²) in [6.07, 6.45) is 7.47. The van der Waals surface area contributed by atoms with Crippen LogP contribution < -0.4 is 0 Å². The average molecular weight is 281 g/mol. The van der Waals surface area contributed by atoms with Gasteiger partial charge in [0.15, 0.2) is 5.69 Å². The third-order valence-corrected chi connectivity index (χ3v) is 3.68. The van der Waals surface area contributed by atoms with Gasteiger partial charge in [0, 0.05) is 13.2 Å². The number of hydrogen-bond acceptors (Lipinski definition) is 4. The molecule has 6 heteroatoms. The minimum Gasteiger partial charge on any atom is -0.476 e. The number of nitrogens with zero attached hydrogens (tertiary/aromatic N) is 3. The van der Waals surface area contributed by atoms with E-state index in [4.69, 9.17) is 4.74 Å². The van der Waals surface area contributed by atoms with E-state index in [1.54, 1.807) is 4.68 Å². The molecule has 0 spiro atoms. The smallest absolute Gasteiger partial charge is 0.358 e. The van der Waals surface area contributed by atoms with Gasteiger partial charge in [0.05, 0.1) is 0 Å². The summed E-state index contributed by atoms with van der Waals surface area (Å²) < 4.78 is 7.34. The number of carboxylic acid groups (broad SMARTS) is 1. The molecule has 1 fully saturated rings. The first-order valence-corrected chi connectivity index (χ1v) is 7.52. The van der Waals surface area contributed by atoms with Crippen molar-refractivity contribution in [1.29, 1.82) is 0 Å². The highest BCUT2D eigenvalue weighted by Gasteiger charge is 2.29. The van der Waals surface area contributed by atoms with Crippen molar-refractivity contribution in [1.82, 2.24) is 15.0 Å². The summed E-state index contributed by atoms with van der Waals surface area (Å²) >= 11 is 0. The number of carboxylic acids is 1. The third kappa shape index (κ3) is 3.56. The molecular weight excluding hydrogens is 258 g/mol. The predicted octanol–water partition coefficient (Wildman–Crippen LogP) is 2.80. The number of unbranched alkanes of at least 4 members (excludes halogenated alkanes) is 4. The van der Waals surface area contributed by atoms with Gasteiger partial charge in [0.2, 0.25) is 0 Å². The van der Waals surface area contributed by atoms with Gasteiger partial charge < -0.3 is 9.84 Å². The van der Waals surface area contributed by atoms with Crippen LogP contribution in [0.15, 0.2) is 0 Å². The third-order valence-electron chi connectivity index (χ3n) is 3.68. The molecule has 1 aromatic rings. The molecule has 20 heavy (non-hydrogen) atoms. The number of hydrogen-bond donors (Lipinski definition) is 1. The standard InChI is InChI=1S/C14H23N3O3/c1-2-3-4-5-6-9-17-13(11-8-7-10-20-11)12(14(18)19)15-16-17/h11H,2-10H2,1H3,(H,18,19). The van der Waals surface area contributed by atoms with E-state index in [0.29, 0.717) is 12.3 Å². The maximum atomic E-state index is 11.2. The fraction of sp³-hybridized carbons (Fsp3) is 0.786. The zero-order valence-electron chi connectivity index (χ0n) is 12.0. The maximum absolute atomic E-state index is 11.2. The molecule has 1 saturated heterocycles. The fourth-order valence-corrected chi connectivity index (χ4v) is 2.61. The molecule has 0 radical (unpaired) electrons. The molecule has 0 aromatic carbocycles. The van der Waals surface area contributed by atoms with Crippen molar-refractivity contribution < 1.29 is 14.6 Å². The molecule has 0 amide bonds. The quantitative estimate of drug-likeness (QED) is 0.741. The van der Waals surface area contributed by atoms with E-state index < -0.39 is 5.97 Å². The summed E-state index contributed by atoms with van der Waals surface area (Å²) in [6.45, 7) is 3.59. The second kappa shape index (κ2) is 7.38. The highest BCUT2D eigenvalue weighted by atomic mass is 16.5. The topological polar surface area (TPSA) is 77.2 Å². The molecule has 6 nitrogen and oxygen atoms in total. The van der Waals surface area contributed by atoms with Gasteiger partial charge in [-0.1, -0.05) is 37.8 Å². The summed E-state index contributed by atoms with van der Waals surface area (Å²) in [7, 11) is 0. The Morgan fingerprint density at radius 2 is 2.20 bits per heavy atom. The van der Waals surface area contributed by atoms with Crippen molar-refractivity contribution in [2.24, 2.45) is 0 Å². The van der Waals surface area contributed by atoms with Gasteiger partial charge in [-0.15, -0.1) is 5.10 Å². The summed E-state index contributed by atoms with van der Waals surface area (Å²) in [4.78, 5) is 11.2. The molecule has 1 aromatic heterocycles. The maximum Gasteiger partial charge on any atom is 0.358 e. The zero-order valence-corrected chi connectivity index (χ0v) is 12.0. The average Bonchev–Trinajstić information content (AvgIpc) is 3.06. The van der Waals surface area contributed by atoms with Gasteiger partial charge in [0.25, 0.3) is 0 Å². The molecule has 0 saturated carbocycles. The largest absolute Gasteiger partial charge is 0.476 e. The van der Waals surface area contributed by atoms with Gasteiger partial charge in [-0.25, -0.2) is 9.48 Å². The number of aromatic carboxylic acids is 1. The number of aromatic nitrogens is 3. The highest BCUT2D eigenvalue weighted by molar-refractivity contribution is 5.86. The van der Waals surface area contributed by atoms with E-state index in [-0.39, 0.29) is 11.8 Å². The molecule has 0 aliphatic carbocycles. The number of aryl methyl sites for hydroxylation is 1. The Bertz CT molecular complexity index is 439. The lowest BCUT2D eigenvalue weighted by Crippen LogP contribution is -2.13. The van der Waals surface area contributed by atoms with Crippen LogP contribution >= 0.6 is 0 Å². The van der Waals surface area contributed by atoms with Crippen LogP contribution in [0.25, 0.3) is 0 Å². The summed E-state index contributed by atoms with van der Waals surface area (Å²) in [5.74, 6) is -1.02. The first-order chi connectivity index (χ1) is 9.74. The van der Waals surface area contributed by atoms with Gasteiger partial charge in [-0.2, -0.15) is 0 Å². The Morgan fingerprint density at radius 1 is 1.40 bits per heavy atom. The van der Waals surface area contributed by atoms with Crippen LogP contribution in [0.2, 0.25) is 0 Å². The van der Waals surface area contributed by atoms with Crippen molar-refractivity contribution in [3.05, 3.63) is 11.4 Å². The molecule has 1 unspecified atom stereocenters. The van der Waals surface area contributed by atoms with Crippen molar-refractivity contribution in [3.63, 3.8) is 0 Å². The second-order valence-electron chi connectivity index (χ2n) is 5.27. The monoisotopic (exact) mass is 281 g/mol. The van der Waals surface area contributed by atoms with Crippen molar-refractivity contribution >= 4 is 5.97 Å². The number of rotatable bonds is 8. The zero-order chi connectivity index (χ0) is 14.4. The Kier molecular flexibility index (Phi) is 5.52. The van der Waals surface area contributed by atoms with Crippen molar-refractivity contribution in [3.8, 4) is 0 Å². The lowest BCUT2D eigenvalue weighted by Gasteiger charge is -2.12. The second-order valence-corrected chi connectivity index (χ2v) is 5.27. The molecule has 1 atom stereocenters. The van der Waals surface area contributed by atoms with E-state index in [1.165, 1.54) is 19.3 Å². The van der Waals surface area contributed by atoms with E-state index in [9.17, 15) is 9.90 Å². The molecule has 0 bridgehead atoms. The van der Waals surface area contributed by atoms with Crippen LogP contribution in [0.4, 0.5) is 0 Å². The van der Waals surface area contributed by atoms with Crippen LogP contribution in [-0.4, -0.2) is 32.7 Å². The van der Waals surface area contributed by atoms with Crippen LogP contribution in [-0.2, 0) is 11.3 Å². The minimum atomic E-state index is -1.02. The minimum absolute atomic E-state index is 0.0467. The van der Waals surface area contributed by atoms with Gasteiger partial charge >= 0.3 is 5.97 Å². The molecular formula is C14H23N3O3. The molecule has 1 N–H and O–H groups in total.